The van der Waals surface area contributed by atoms with E-state index >= 15 is 0 Å². The molecule has 2 aromatic carbocycles. The number of benzene rings is 2. The molecule has 0 aliphatic carbocycles. The van der Waals surface area contributed by atoms with Crippen LogP contribution in [-0.2, 0) is 9.84 Å². The first-order valence-electron chi connectivity index (χ1n) is 9.56. The van der Waals surface area contributed by atoms with Crippen molar-refractivity contribution in [3.05, 3.63) is 54.6 Å². The van der Waals surface area contributed by atoms with Gasteiger partial charge in [-0.3, -0.25) is 0 Å². The van der Waals surface area contributed by atoms with Crippen molar-refractivity contribution in [1.82, 2.24) is 10.6 Å². The summed E-state index contributed by atoms with van der Waals surface area (Å²) in [7, 11) is -1.74. The largest absolute Gasteiger partial charge is 0.493 e. The smallest absolute Gasteiger partial charge is 0.191 e. The average Bonchev–Trinajstić information content (AvgIpc) is 2.73. The maximum atomic E-state index is 12.4. The molecule has 0 aromatic heterocycles. The fraction of sp³-hybridized carbons (Fsp3) is 0.381. The molecule has 0 aliphatic rings. The Kier molecular flexibility index (Phi) is 11.6. The van der Waals surface area contributed by atoms with Crippen LogP contribution in [0.4, 0.5) is 0 Å². The zero-order valence-corrected chi connectivity index (χ0v) is 20.6. The molecule has 2 aromatic rings. The van der Waals surface area contributed by atoms with Crippen LogP contribution in [0.1, 0.15) is 13.8 Å². The first-order valence-corrected chi connectivity index (χ1v) is 11.2. The van der Waals surface area contributed by atoms with E-state index in [1.54, 1.807) is 37.4 Å². The van der Waals surface area contributed by atoms with E-state index in [0.29, 0.717) is 35.4 Å². The number of sulfone groups is 1. The van der Waals surface area contributed by atoms with Gasteiger partial charge in [-0.2, -0.15) is 0 Å². The van der Waals surface area contributed by atoms with Gasteiger partial charge in [0.05, 0.1) is 24.3 Å². The quantitative estimate of drug-likeness (QED) is 0.270. The van der Waals surface area contributed by atoms with Gasteiger partial charge in [0.2, 0.25) is 0 Å². The first kappa shape index (κ1) is 26.0. The molecule has 2 N–H and O–H groups in total. The van der Waals surface area contributed by atoms with Gasteiger partial charge in [0.25, 0.3) is 0 Å². The van der Waals surface area contributed by atoms with E-state index in [2.05, 4.69) is 15.6 Å². The number of rotatable bonds is 10. The summed E-state index contributed by atoms with van der Waals surface area (Å²) in [5, 5.41) is 6.18. The van der Waals surface area contributed by atoms with E-state index in [0.717, 1.165) is 0 Å². The van der Waals surface area contributed by atoms with Crippen molar-refractivity contribution in [2.24, 2.45) is 4.99 Å². The van der Waals surface area contributed by atoms with Crippen molar-refractivity contribution >= 4 is 39.8 Å². The Morgan fingerprint density at radius 1 is 1.03 bits per heavy atom. The number of nitrogens with zero attached hydrogens (tertiary/aromatic N) is 1. The van der Waals surface area contributed by atoms with Gasteiger partial charge in [-0.1, -0.05) is 30.3 Å². The van der Waals surface area contributed by atoms with Gasteiger partial charge in [0.1, 0.15) is 6.10 Å². The van der Waals surface area contributed by atoms with Crippen LogP contribution in [0, 0.1) is 0 Å². The van der Waals surface area contributed by atoms with E-state index in [1.165, 1.54) is 0 Å². The number of halogens is 1. The number of nitrogens with one attached hydrogen (secondary N) is 2. The second-order valence-corrected chi connectivity index (χ2v) is 8.47. The molecule has 0 saturated heterocycles. The zero-order chi connectivity index (χ0) is 21.1. The molecule has 0 spiro atoms. The van der Waals surface area contributed by atoms with Crippen molar-refractivity contribution in [3.63, 3.8) is 0 Å². The van der Waals surface area contributed by atoms with Crippen molar-refractivity contribution in [1.29, 1.82) is 0 Å². The monoisotopic (exact) mass is 547 g/mol. The Balaban J connectivity index is 0.00000450. The van der Waals surface area contributed by atoms with E-state index in [9.17, 15) is 8.42 Å². The maximum absolute atomic E-state index is 12.4. The Hall–Kier alpha value is -2.01. The molecule has 30 heavy (non-hydrogen) atoms. The highest BCUT2D eigenvalue weighted by molar-refractivity contribution is 14.0. The average molecular weight is 547 g/mol. The Morgan fingerprint density at radius 2 is 1.67 bits per heavy atom. The Morgan fingerprint density at radius 3 is 2.30 bits per heavy atom. The van der Waals surface area contributed by atoms with Crippen LogP contribution in [0.2, 0.25) is 0 Å². The van der Waals surface area contributed by atoms with Gasteiger partial charge in [-0.25, -0.2) is 13.4 Å². The number of para-hydroxylation sites is 2. The van der Waals surface area contributed by atoms with Crippen LogP contribution >= 0.6 is 24.0 Å². The van der Waals surface area contributed by atoms with Crippen molar-refractivity contribution in [3.8, 4) is 11.5 Å². The third kappa shape index (κ3) is 8.39. The van der Waals surface area contributed by atoms with Crippen molar-refractivity contribution in [2.45, 2.75) is 24.8 Å². The maximum Gasteiger partial charge on any atom is 0.191 e. The molecule has 2 rings (SSSR count). The summed E-state index contributed by atoms with van der Waals surface area (Å²) in [5.74, 6) is 1.85. The van der Waals surface area contributed by atoms with Crippen LogP contribution in [-0.4, -0.2) is 53.0 Å². The number of methoxy groups -OCH3 is 1. The molecule has 0 amide bonds. The van der Waals surface area contributed by atoms with Gasteiger partial charge < -0.3 is 20.1 Å². The minimum atomic E-state index is -3.33. The third-order valence-corrected chi connectivity index (χ3v) is 5.75. The first-order chi connectivity index (χ1) is 14.0. The lowest BCUT2D eigenvalue weighted by molar-refractivity contribution is 0.219. The predicted octanol–water partition coefficient (Wildman–Crippen LogP) is 3.11. The predicted molar refractivity (Wildman–Crippen MR) is 131 cm³/mol. The van der Waals surface area contributed by atoms with E-state index in [4.69, 9.17) is 9.47 Å². The molecule has 0 bridgehead atoms. The summed E-state index contributed by atoms with van der Waals surface area (Å²) < 4.78 is 35.9. The summed E-state index contributed by atoms with van der Waals surface area (Å²) in [6.45, 7) is 5.19. The normalized spacial score (nSPS) is 12.4. The minimum absolute atomic E-state index is 0. The number of ether oxygens (including phenoxy) is 2. The molecule has 0 saturated carbocycles. The van der Waals surface area contributed by atoms with E-state index in [1.807, 2.05) is 38.1 Å². The molecular formula is C21H30IN3O4S. The van der Waals surface area contributed by atoms with Crippen molar-refractivity contribution in [2.75, 3.05) is 32.5 Å². The number of guanidine groups is 1. The van der Waals surface area contributed by atoms with Gasteiger partial charge in [0.15, 0.2) is 27.3 Å². The van der Waals surface area contributed by atoms with Crippen molar-refractivity contribution < 1.29 is 17.9 Å². The Bertz CT molecular complexity index is 892. The SMILES string of the molecule is CCNC(=NCC(C)Oc1ccccc1OC)NCCS(=O)(=O)c1ccccc1.I. The summed E-state index contributed by atoms with van der Waals surface area (Å²) in [5.41, 5.74) is 0. The number of hydrogen-bond donors (Lipinski definition) is 2. The topological polar surface area (TPSA) is 89.0 Å². The number of aliphatic imine (C=N–C) groups is 1. The van der Waals surface area contributed by atoms with Crippen LogP contribution < -0.4 is 20.1 Å². The second kappa shape index (κ2) is 13.3. The second-order valence-electron chi connectivity index (χ2n) is 6.36. The van der Waals surface area contributed by atoms with Gasteiger partial charge in [-0.15, -0.1) is 24.0 Å². The lowest BCUT2D eigenvalue weighted by Gasteiger charge is -2.16. The zero-order valence-electron chi connectivity index (χ0n) is 17.5. The lowest BCUT2D eigenvalue weighted by Crippen LogP contribution is -2.40. The third-order valence-electron chi connectivity index (χ3n) is 4.01. The van der Waals surface area contributed by atoms with E-state index in [-0.39, 0.29) is 42.4 Å². The molecule has 1 atom stereocenters. The van der Waals surface area contributed by atoms with Crippen LogP contribution in [0.5, 0.6) is 11.5 Å². The van der Waals surface area contributed by atoms with E-state index < -0.39 is 9.84 Å². The Labute approximate surface area is 196 Å². The molecule has 0 fully saturated rings. The molecular weight excluding hydrogens is 517 g/mol. The van der Waals surface area contributed by atoms with Gasteiger partial charge in [-0.05, 0) is 38.1 Å². The standard InChI is InChI=1S/C21H29N3O4S.HI/c1-4-22-21(23-14-15-29(25,26)18-10-6-5-7-11-18)24-16-17(2)28-20-13-9-8-12-19(20)27-3;/h5-13,17H,4,14-16H2,1-3H3,(H2,22,23,24);1H. The molecule has 166 valence electrons. The highest BCUT2D eigenvalue weighted by Crippen LogP contribution is 2.26. The summed E-state index contributed by atoms with van der Waals surface area (Å²) >= 11 is 0. The molecule has 0 radical (unpaired) electrons. The van der Waals surface area contributed by atoms with Crippen LogP contribution in [0.3, 0.4) is 0 Å². The summed E-state index contributed by atoms with van der Waals surface area (Å²) in [4.78, 5) is 4.81. The fourth-order valence-corrected chi connectivity index (χ4v) is 3.76. The summed E-state index contributed by atoms with van der Waals surface area (Å²) in [6.07, 6.45) is -0.185. The summed E-state index contributed by atoms with van der Waals surface area (Å²) in [6, 6.07) is 15.9. The minimum Gasteiger partial charge on any atom is -0.493 e. The molecule has 0 heterocycles. The molecule has 7 nitrogen and oxygen atoms in total. The highest BCUT2D eigenvalue weighted by atomic mass is 127. The van der Waals surface area contributed by atoms with Crippen LogP contribution in [0.15, 0.2) is 64.5 Å². The number of hydrogen-bond acceptors (Lipinski definition) is 5. The molecule has 9 heteroatoms. The lowest BCUT2D eigenvalue weighted by atomic mass is 10.3. The fourth-order valence-electron chi connectivity index (χ4n) is 2.58. The van der Waals surface area contributed by atoms with Gasteiger partial charge in [0, 0.05) is 13.1 Å². The molecule has 1 unspecified atom stereocenters. The highest BCUT2D eigenvalue weighted by Gasteiger charge is 2.14. The van der Waals surface area contributed by atoms with Gasteiger partial charge >= 0.3 is 0 Å². The van der Waals surface area contributed by atoms with Crippen LogP contribution in [0.25, 0.3) is 0 Å². The molecule has 0 aliphatic heterocycles.